The number of aryl methyl sites for hydroxylation is 1. The van der Waals surface area contributed by atoms with Crippen LogP contribution in [0.1, 0.15) is 31.4 Å². The maximum atomic E-state index is 12.7. The molecule has 0 fully saturated rings. The van der Waals surface area contributed by atoms with E-state index in [1.165, 1.54) is 7.11 Å². The molecule has 0 bridgehead atoms. The van der Waals surface area contributed by atoms with Gasteiger partial charge in [-0.3, -0.25) is 0 Å². The number of hydrogen-bond donors (Lipinski definition) is 0. The third kappa shape index (κ3) is 2.98. The summed E-state index contributed by atoms with van der Waals surface area (Å²) < 4.78 is 5.12. The van der Waals surface area contributed by atoms with Gasteiger partial charge in [0.2, 0.25) is 0 Å². The number of hydrogen-bond acceptors (Lipinski definition) is 3. The van der Waals surface area contributed by atoms with E-state index >= 15 is 0 Å². The molecule has 0 radical (unpaired) electrons. The molecular formula is C22H23NO2. The van der Waals surface area contributed by atoms with Gasteiger partial charge >= 0.3 is 5.97 Å². The van der Waals surface area contributed by atoms with Crippen molar-refractivity contribution in [3.63, 3.8) is 0 Å². The van der Waals surface area contributed by atoms with E-state index < -0.39 is 0 Å². The van der Waals surface area contributed by atoms with Crippen molar-refractivity contribution in [2.24, 2.45) is 0 Å². The number of benzene rings is 2. The molecule has 1 aliphatic heterocycles. The van der Waals surface area contributed by atoms with Gasteiger partial charge in [0, 0.05) is 11.3 Å². The second kappa shape index (κ2) is 6.98. The summed E-state index contributed by atoms with van der Waals surface area (Å²) in [5, 5.41) is 0. The Labute approximate surface area is 149 Å². The Morgan fingerprint density at radius 3 is 2.48 bits per heavy atom. The predicted molar refractivity (Wildman–Crippen MR) is 103 cm³/mol. The lowest BCUT2D eigenvalue weighted by Crippen LogP contribution is -2.29. The molecule has 0 aliphatic carbocycles. The summed E-state index contributed by atoms with van der Waals surface area (Å²) in [5.74, 6) is -0.324. The Hall–Kier alpha value is -2.81. The van der Waals surface area contributed by atoms with Gasteiger partial charge in [0.25, 0.3) is 0 Å². The molecule has 0 atom stereocenters. The van der Waals surface area contributed by atoms with Crippen LogP contribution in [0.2, 0.25) is 0 Å². The van der Waals surface area contributed by atoms with Crippen LogP contribution in [0.4, 0.5) is 11.4 Å². The fourth-order valence-electron chi connectivity index (χ4n) is 3.33. The van der Waals surface area contributed by atoms with Crippen molar-refractivity contribution in [1.29, 1.82) is 0 Å². The van der Waals surface area contributed by atoms with Crippen LogP contribution < -0.4 is 4.90 Å². The minimum Gasteiger partial charge on any atom is -0.464 e. The Morgan fingerprint density at radius 2 is 1.84 bits per heavy atom. The van der Waals surface area contributed by atoms with E-state index in [9.17, 15) is 4.79 Å². The summed E-state index contributed by atoms with van der Waals surface area (Å²) in [5.41, 5.74) is 6.87. The Balaban J connectivity index is 2.35. The average molecular weight is 333 g/mol. The zero-order chi connectivity index (χ0) is 18.0. The van der Waals surface area contributed by atoms with Crippen molar-refractivity contribution >= 4 is 22.9 Å². The average Bonchev–Trinajstić information content (AvgIpc) is 2.63. The molecule has 0 amide bonds. The summed E-state index contributed by atoms with van der Waals surface area (Å²) in [6, 6.07) is 16.3. The van der Waals surface area contributed by atoms with Gasteiger partial charge in [0.1, 0.15) is 5.70 Å². The number of carbonyl (C=O) groups is 1. The first kappa shape index (κ1) is 17.0. The van der Waals surface area contributed by atoms with Crippen LogP contribution in [-0.4, -0.2) is 13.1 Å². The quantitative estimate of drug-likeness (QED) is 0.706. The third-order valence-corrected chi connectivity index (χ3v) is 4.47. The first-order valence-corrected chi connectivity index (χ1v) is 8.54. The lowest BCUT2D eigenvalue weighted by Gasteiger charge is -2.35. The van der Waals surface area contributed by atoms with E-state index in [1.807, 2.05) is 42.2 Å². The number of allylic oxidation sites excluding steroid dienone is 3. The Morgan fingerprint density at radius 1 is 1.12 bits per heavy atom. The third-order valence-electron chi connectivity index (χ3n) is 4.47. The van der Waals surface area contributed by atoms with Crippen LogP contribution in [0.25, 0.3) is 5.57 Å². The summed E-state index contributed by atoms with van der Waals surface area (Å²) >= 11 is 0. The minimum atomic E-state index is -0.324. The van der Waals surface area contributed by atoms with E-state index in [-0.39, 0.29) is 5.97 Å². The molecule has 128 valence electrons. The van der Waals surface area contributed by atoms with Crippen molar-refractivity contribution in [2.45, 2.75) is 27.2 Å². The number of carbonyl (C=O) groups excluding carboxylic acids is 1. The van der Waals surface area contributed by atoms with Gasteiger partial charge in [0.05, 0.1) is 12.8 Å². The van der Waals surface area contributed by atoms with E-state index in [1.54, 1.807) is 0 Å². The molecule has 0 spiro atoms. The van der Waals surface area contributed by atoms with Gasteiger partial charge in [-0.2, -0.15) is 0 Å². The van der Waals surface area contributed by atoms with E-state index in [4.69, 9.17) is 4.74 Å². The SMILES string of the molecule is CCC=C1C(C)=C(C(=O)OC)N(c2ccccc2)c2cc(C)ccc21. The van der Waals surface area contributed by atoms with Gasteiger partial charge < -0.3 is 9.64 Å². The summed E-state index contributed by atoms with van der Waals surface area (Å²) in [7, 11) is 1.43. The van der Waals surface area contributed by atoms with Crippen LogP contribution >= 0.6 is 0 Å². The monoisotopic (exact) mass is 333 g/mol. The zero-order valence-corrected chi connectivity index (χ0v) is 15.2. The van der Waals surface area contributed by atoms with Gasteiger partial charge in [-0.25, -0.2) is 4.79 Å². The van der Waals surface area contributed by atoms with Crippen molar-refractivity contribution in [3.8, 4) is 0 Å². The van der Waals surface area contributed by atoms with Crippen molar-refractivity contribution in [3.05, 3.63) is 77.0 Å². The number of ether oxygens (including phenoxy) is 1. The molecule has 0 N–H and O–H groups in total. The highest BCUT2D eigenvalue weighted by Gasteiger charge is 2.32. The first-order valence-electron chi connectivity index (χ1n) is 8.54. The van der Waals surface area contributed by atoms with Gasteiger partial charge in [-0.15, -0.1) is 0 Å². The molecule has 0 aromatic heterocycles. The van der Waals surface area contributed by atoms with Crippen LogP contribution in [0.15, 0.2) is 65.9 Å². The number of methoxy groups -OCH3 is 1. The van der Waals surface area contributed by atoms with Gasteiger partial charge in [0.15, 0.2) is 0 Å². The molecule has 1 heterocycles. The number of anilines is 2. The fraction of sp³-hybridized carbons (Fsp3) is 0.227. The second-order valence-corrected chi connectivity index (χ2v) is 6.18. The molecule has 2 aromatic rings. The largest absolute Gasteiger partial charge is 0.464 e. The van der Waals surface area contributed by atoms with E-state index in [0.717, 1.165) is 40.1 Å². The first-order chi connectivity index (χ1) is 12.1. The Bertz CT molecular complexity index is 863. The summed E-state index contributed by atoms with van der Waals surface area (Å²) in [4.78, 5) is 14.7. The molecule has 3 heteroatoms. The van der Waals surface area contributed by atoms with Crippen molar-refractivity contribution in [2.75, 3.05) is 12.0 Å². The highest BCUT2D eigenvalue weighted by molar-refractivity contribution is 6.06. The van der Waals surface area contributed by atoms with Gasteiger partial charge in [-0.1, -0.05) is 43.3 Å². The molecule has 2 aromatic carbocycles. The molecule has 0 saturated carbocycles. The van der Waals surface area contributed by atoms with Crippen molar-refractivity contribution in [1.82, 2.24) is 0 Å². The fourth-order valence-corrected chi connectivity index (χ4v) is 3.33. The topological polar surface area (TPSA) is 29.5 Å². The number of fused-ring (bicyclic) bond motifs is 1. The number of para-hydroxylation sites is 1. The zero-order valence-electron chi connectivity index (χ0n) is 15.2. The Kier molecular flexibility index (Phi) is 4.75. The number of rotatable bonds is 3. The van der Waals surface area contributed by atoms with Crippen LogP contribution in [0, 0.1) is 6.92 Å². The highest BCUT2D eigenvalue weighted by Crippen LogP contribution is 2.45. The smallest absolute Gasteiger partial charge is 0.355 e. The normalized spacial score (nSPS) is 15.4. The van der Waals surface area contributed by atoms with Crippen LogP contribution in [-0.2, 0) is 9.53 Å². The molecule has 25 heavy (non-hydrogen) atoms. The maximum absolute atomic E-state index is 12.7. The predicted octanol–water partition coefficient (Wildman–Crippen LogP) is 5.39. The van der Waals surface area contributed by atoms with Crippen LogP contribution in [0.5, 0.6) is 0 Å². The summed E-state index contributed by atoms with van der Waals surface area (Å²) in [6.07, 6.45) is 3.08. The van der Waals surface area contributed by atoms with E-state index in [2.05, 4.69) is 38.1 Å². The maximum Gasteiger partial charge on any atom is 0.355 e. The molecule has 0 unspecified atom stereocenters. The lowest BCUT2D eigenvalue weighted by atomic mass is 9.89. The van der Waals surface area contributed by atoms with Crippen molar-refractivity contribution < 1.29 is 9.53 Å². The standard InChI is InChI=1S/C22H23NO2/c1-5-9-18-16(3)21(22(24)25-4)23(17-10-7-6-8-11-17)20-14-15(2)12-13-19(18)20/h6-14H,5H2,1-4H3. The highest BCUT2D eigenvalue weighted by atomic mass is 16.5. The minimum absolute atomic E-state index is 0.324. The second-order valence-electron chi connectivity index (χ2n) is 6.18. The molecule has 0 saturated heterocycles. The number of esters is 1. The lowest BCUT2D eigenvalue weighted by molar-refractivity contribution is -0.136. The molecule has 3 rings (SSSR count). The summed E-state index contributed by atoms with van der Waals surface area (Å²) in [6.45, 7) is 6.16. The van der Waals surface area contributed by atoms with E-state index in [0.29, 0.717) is 5.70 Å². The molecule has 1 aliphatic rings. The molecular weight excluding hydrogens is 310 g/mol. The van der Waals surface area contributed by atoms with Crippen LogP contribution in [0.3, 0.4) is 0 Å². The number of nitrogens with zero attached hydrogens (tertiary/aromatic N) is 1. The molecule has 3 nitrogen and oxygen atoms in total. The van der Waals surface area contributed by atoms with Gasteiger partial charge in [-0.05, 0) is 55.2 Å².